The van der Waals surface area contributed by atoms with Crippen molar-refractivity contribution in [2.24, 2.45) is 17.6 Å². The van der Waals surface area contributed by atoms with Crippen LogP contribution in [0.15, 0.2) is 40.9 Å². The molecule has 0 spiro atoms. The van der Waals surface area contributed by atoms with Gasteiger partial charge in [0.1, 0.15) is 0 Å². The highest BCUT2D eigenvalue weighted by molar-refractivity contribution is 9.10. The molecule has 0 aliphatic heterocycles. The SMILES string of the molecule is CCC1CCCCC1C(N)c1ccc2cc(Br)ccc2c1. The van der Waals surface area contributed by atoms with E-state index in [2.05, 4.69) is 59.3 Å². The molecule has 2 aromatic carbocycles. The lowest BCUT2D eigenvalue weighted by molar-refractivity contribution is 0.196. The summed E-state index contributed by atoms with van der Waals surface area (Å²) in [5.41, 5.74) is 7.95. The summed E-state index contributed by atoms with van der Waals surface area (Å²) in [6, 6.07) is 13.3. The molecule has 0 bridgehead atoms. The van der Waals surface area contributed by atoms with Gasteiger partial charge >= 0.3 is 0 Å². The summed E-state index contributed by atoms with van der Waals surface area (Å²) in [6.07, 6.45) is 6.63. The third-order valence-corrected chi connectivity index (χ3v) is 5.66. The van der Waals surface area contributed by atoms with Crippen LogP contribution >= 0.6 is 15.9 Å². The molecule has 0 aromatic heterocycles. The first-order chi connectivity index (χ1) is 10.2. The fourth-order valence-corrected chi connectivity index (χ4v) is 4.28. The second-order valence-corrected chi connectivity index (χ2v) is 7.31. The van der Waals surface area contributed by atoms with Crippen LogP contribution in [0.2, 0.25) is 0 Å². The minimum absolute atomic E-state index is 0.184. The minimum Gasteiger partial charge on any atom is -0.324 e. The van der Waals surface area contributed by atoms with Crippen LogP contribution in [-0.2, 0) is 0 Å². The van der Waals surface area contributed by atoms with E-state index >= 15 is 0 Å². The van der Waals surface area contributed by atoms with E-state index in [-0.39, 0.29) is 6.04 Å². The van der Waals surface area contributed by atoms with Gasteiger partial charge in [-0.25, -0.2) is 0 Å². The lowest BCUT2D eigenvalue weighted by Crippen LogP contribution is -2.30. The Morgan fingerprint density at radius 1 is 1.10 bits per heavy atom. The maximum atomic E-state index is 6.65. The second-order valence-electron chi connectivity index (χ2n) is 6.39. The maximum Gasteiger partial charge on any atom is 0.0326 e. The van der Waals surface area contributed by atoms with Crippen LogP contribution in [0, 0.1) is 11.8 Å². The van der Waals surface area contributed by atoms with Crippen molar-refractivity contribution in [3.63, 3.8) is 0 Å². The Bertz CT molecular complexity index is 622. The number of rotatable bonds is 3. The number of hydrogen-bond acceptors (Lipinski definition) is 1. The Morgan fingerprint density at radius 3 is 2.62 bits per heavy atom. The van der Waals surface area contributed by atoms with Crippen molar-refractivity contribution >= 4 is 26.7 Å². The molecule has 0 saturated heterocycles. The molecule has 3 rings (SSSR count). The summed E-state index contributed by atoms with van der Waals surface area (Å²) in [6.45, 7) is 2.31. The first-order valence-corrected chi connectivity index (χ1v) is 8.93. The van der Waals surface area contributed by atoms with Crippen LogP contribution in [0.3, 0.4) is 0 Å². The molecule has 0 radical (unpaired) electrons. The van der Waals surface area contributed by atoms with Crippen molar-refractivity contribution < 1.29 is 0 Å². The standard InChI is InChI=1S/C19H24BrN/c1-2-13-5-3-4-6-18(13)19(21)16-8-7-15-12-17(20)10-9-14(15)11-16/h7-13,18-19H,2-6,21H2,1H3. The van der Waals surface area contributed by atoms with Crippen LogP contribution in [0.5, 0.6) is 0 Å². The summed E-state index contributed by atoms with van der Waals surface area (Å²) in [5.74, 6) is 1.45. The van der Waals surface area contributed by atoms with Crippen molar-refractivity contribution in [2.75, 3.05) is 0 Å². The van der Waals surface area contributed by atoms with Gasteiger partial charge in [-0.15, -0.1) is 0 Å². The molecule has 0 heterocycles. The molecule has 3 unspecified atom stereocenters. The van der Waals surface area contributed by atoms with Gasteiger partial charge in [0.2, 0.25) is 0 Å². The number of benzene rings is 2. The Balaban J connectivity index is 1.89. The van der Waals surface area contributed by atoms with Gasteiger partial charge in [0.25, 0.3) is 0 Å². The zero-order valence-electron chi connectivity index (χ0n) is 12.7. The molecular formula is C19H24BrN. The van der Waals surface area contributed by atoms with Gasteiger partial charge in [-0.05, 0) is 52.8 Å². The smallest absolute Gasteiger partial charge is 0.0326 e. The Morgan fingerprint density at radius 2 is 1.81 bits per heavy atom. The topological polar surface area (TPSA) is 26.0 Å². The number of hydrogen-bond donors (Lipinski definition) is 1. The number of fused-ring (bicyclic) bond motifs is 1. The quantitative estimate of drug-likeness (QED) is 0.745. The van der Waals surface area contributed by atoms with Crippen LogP contribution < -0.4 is 5.73 Å². The summed E-state index contributed by atoms with van der Waals surface area (Å²) in [5, 5.41) is 2.56. The van der Waals surface area contributed by atoms with E-state index in [1.165, 1.54) is 48.4 Å². The van der Waals surface area contributed by atoms with Crippen molar-refractivity contribution in [1.29, 1.82) is 0 Å². The fourth-order valence-electron chi connectivity index (χ4n) is 3.91. The van der Waals surface area contributed by atoms with Gasteiger partial charge in [0.05, 0.1) is 0 Å². The molecule has 1 fully saturated rings. The average molecular weight is 346 g/mol. The van der Waals surface area contributed by atoms with Crippen LogP contribution in [0.4, 0.5) is 0 Å². The maximum absolute atomic E-state index is 6.65. The van der Waals surface area contributed by atoms with E-state index in [1.807, 2.05) is 0 Å². The molecule has 3 atom stereocenters. The van der Waals surface area contributed by atoms with Crippen LogP contribution in [0.1, 0.15) is 50.6 Å². The molecule has 0 amide bonds. The predicted molar refractivity (Wildman–Crippen MR) is 94.3 cm³/mol. The van der Waals surface area contributed by atoms with Crippen molar-refractivity contribution in [3.8, 4) is 0 Å². The molecule has 1 saturated carbocycles. The molecular weight excluding hydrogens is 322 g/mol. The zero-order valence-corrected chi connectivity index (χ0v) is 14.3. The highest BCUT2D eigenvalue weighted by Gasteiger charge is 2.29. The molecule has 112 valence electrons. The first-order valence-electron chi connectivity index (χ1n) is 8.14. The molecule has 2 N–H and O–H groups in total. The Labute approximate surface area is 136 Å². The third-order valence-electron chi connectivity index (χ3n) is 5.16. The molecule has 1 aliphatic carbocycles. The van der Waals surface area contributed by atoms with Gasteiger partial charge in [-0.3, -0.25) is 0 Å². The number of halogens is 1. The van der Waals surface area contributed by atoms with Crippen molar-refractivity contribution in [3.05, 3.63) is 46.4 Å². The largest absolute Gasteiger partial charge is 0.324 e. The highest BCUT2D eigenvalue weighted by atomic mass is 79.9. The monoisotopic (exact) mass is 345 g/mol. The van der Waals surface area contributed by atoms with E-state index in [1.54, 1.807) is 0 Å². The van der Waals surface area contributed by atoms with Gasteiger partial charge in [-0.2, -0.15) is 0 Å². The fraction of sp³-hybridized carbons (Fsp3) is 0.474. The highest BCUT2D eigenvalue weighted by Crippen LogP contribution is 2.39. The summed E-state index contributed by atoms with van der Waals surface area (Å²) < 4.78 is 1.13. The summed E-state index contributed by atoms with van der Waals surface area (Å²) >= 11 is 3.53. The number of nitrogens with two attached hydrogens (primary N) is 1. The molecule has 1 aliphatic rings. The lowest BCUT2D eigenvalue weighted by Gasteiger charge is -2.35. The Kier molecular flexibility index (Phi) is 4.66. The van der Waals surface area contributed by atoms with E-state index in [4.69, 9.17) is 5.73 Å². The van der Waals surface area contributed by atoms with E-state index < -0.39 is 0 Å². The van der Waals surface area contributed by atoms with E-state index in [9.17, 15) is 0 Å². The molecule has 2 aromatic rings. The van der Waals surface area contributed by atoms with Gasteiger partial charge in [0.15, 0.2) is 0 Å². The van der Waals surface area contributed by atoms with E-state index in [0.29, 0.717) is 5.92 Å². The van der Waals surface area contributed by atoms with Gasteiger partial charge in [0, 0.05) is 10.5 Å². The van der Waals surface area contributed by atoms with E-state index in [0.717, 1.165) is 10.4 Å². The van der Waals surface area contributed by atoms with Crippen LogP contribution in [-0.4, -0.2) is 0 Å². The second kappa shape index (κ2) is 6.50. The van der Waals surface area contributed by atoms with Gasteiger partial charge < -0.3 is 5.73 Å². The van der Waals surface area contributed by atoms with Crippen molar-refractivity contribution in [1.82, 2.24) is 0 Å². The zero-order chi connectivity index (χ0) is 14.8. The van der Waals surface area contributed by atoms with Gasteiger partial charge in [-0.1, -0.05) is 66.7 Å². The molecule has 21 heavy (non-hydrogen) atoms. The third kappa shape index (κ3) is 3.17. The molecule has 1 nitrogen and oxygen atoms in total. The normalized spacial score (nSPS) is 24.1. The summed E-state index contributed by atoms with van der Waals surface area (Å²) in [4.78, 5) is 0. The average Bonchev–Trinajstić information content (AvgIpc) is 2.53. The molecule has 2 heteroatoms. The lowest BCUT2D eigenvalue weighted by atomic mass is 9.72. The summed E-state index contributed by atoms with van der Waals surface area (Å²) in [7, 11) is 0. The Hall–Kier alpha value is -0.860. The minimum atomic E-state index is 0.184. The van der Waals surface area contributed by atoms with Crippen molar-refractivity contribution in [2.45, 2.75) is 45.1 Å². The predicted octanol–water partition coefficient (Wildman–Crippen LogP) is 5.82. The van der Waals surface area contributed by atoms with Crippen LogP contribution in [0.25, 0.3) is 10.8 Å². The first kappa shape index (κ1) is 15.1.